The van der Waals surface area contributed by atoms with Gasteiger partial charge in [-0.1, -0.05) is 24.3 Å². The summed E-state index contributed by atoms with van der Waals surface area (Å²) in [6, 6.07) is 14.9. The summed E-state index contributed by atoms with van der Waals surface area (Å²) < 4.78 is 4.71. The summed E-state index contributed by atoms with van der Waals surface area (Å²) >= 11 is 0. The summed E-state index contributed by atoms with van der Waals surface area (Å²) in [6.45, 7) is -0.774. The molecule has 0 saturated heterocycles. The van der Waals surface area contributed by atoms with Crippen LogP contribution in [0.3, 0.4) is 0 Å². The molecule has 0 unspecified atom stereocenters. The molecule has 3 aromatic rings. The Labute approximate surface area is 215 Å². The normalized spacial score (nSPS) is 14.0. The van der Waals surface area contributed by atoms with E-state index in [4.69, 9.17) is 4.74 Å². The van der Waals surface area contributed by atoms with E-state index in [1.807, 2.05) is 0 Å². The van der Waals surface area contributed by atoms with E-state index in [9.17, 15) is 33.9 Å². The number of hydrogen-bond acceptors (Lipinski definition) is 7. The Morgan fingerprint density at radius 2 is 1.11 bits per heavy atom. The van der Waals surface area contributed by atoms with Gasteiger partial charge < -0.3 is 9.84 Å². The molecule has 5 amide bonds. The van der Waals surface area contributed by atoms with Gasteiger partial charge in [-0.3, -0.25) is 34.3 Å². The third-order valence-electron chi connectivity index (χ3n) is 6.37. The molecule has 2 N–H and O–H groups in total. The minimum absolute atomic E-state index is 0.00922. The van der Waals surface area contributed by atoms with Crippen molar-refractivity contribution >= 4 is 41.4 Å². The summed E-state index contributed by atoms with van der Waals surface area (Å²) in [4.78, 5) is 78.0. The van der Waals surface area contributed by atoms with Gasteiger partial charge in [-0.15, -0.1) is 0 Å². The molecule has 0 fully saturated rings. The zero-order valence-corrected chi connectivity index (χ0v) is 19.9. The molecule has 0 spiro atoms. The van der Waals surface area contributed by atoms with Crippen molar-refractivity contribution in [2.24, 2.45) is 0 Å². The Kier molecular flexibility index (Phi) is 5.95. The molecule has 0 bridgehead atoms. The first-order valence-electron chi connectivity index (χ1n) is 11.4. The van der Waals surface area contributed by atoms with Gasteiger partial charge in [-0.2, -0.15) is 0 Å². The van der Waals surface area contributed by atoms with Crippen molar-refractivity contribution in [3.05, 3.63) is 99.6 Å². The highest BCUT2D eigenvalue weighted by Crippen LogP contribution is 2.32. The number of hydrogen-bond donors (Lipinski definition) is 2. The van der Waals surface area contributed by atoms with Crippen molar-refractivity contribution < 1.29 is 38.6 Å². The average Bonchev–Trinajstić information content (AvgIpc) is 3.30. The summed E-state index contributed by atoms with van der Waals surface area (Å²) in [5.41, 5.74) is 0.740. The number of carbonyl (C=O) groups excluding carboxylic acids is 5. The molecule has 11 nitrogen and oxygen atoms in total. The van der Waals surface area contributed by atoms with E-state index in [1.54, 1.807) is 24.3 Å². The van der Waals surface area contributed by atoms with E-state index in [1.165, 1.54) is 36.4 Å². The quantitative estimate of drug-likeness (QED) is 0.477. The molecule has 0 aliphatic carbocycles. The first-order chi connectivity index (χ1) is 18.2. The van der Waals surface area contributed by atoms with Crippen molar-refractivity contribution in [3.63, 3.8) is 0 Å². The molecule has 0 radical (unpaired) electrons. The second-order valence-electron chi connectivity index (χ2n) is 8.58. The summed E-state index contributed by atoms with van der Waals surface area (Å²) in [7, 11) is 1.12. The van der Waals surface area contributed by atoms with Crippen LogP contribution < -0.4 is 5.32 Å². The molecule has 2 aliphatic rings. The van der Waals surface area contributed by atoms with E-state index in [2.05, 4.69) is 5.32 Å². The van der Waals surface area contributed by atoms with Gasteiger partial charge in [-0.25, -0.2) is 9.59 Å². The van der Waals surface area contributed by atoms with Gasteiger partial charge in [0, 0.05) is 0 Å². The SMILES string of the molecule is COC(=O)Nc1c(CN2C(=O)c3ccccc3C2=O)cc(C(=O)O)cc1CN1C(=O)c2ccccc2C1=O. The molecule has 0 aromatic heterocycles. The van der Waals surface area contributed by atoms with Crippen LogP contribution in [0.25, 0.3) is 0 Å². The van der Waals surface area contributed by atoms with E-state index >= 15 is 0 Å². The third kappa shape index (κ3) is 3.95. The Hall–Kier alpha value is -5.32. The van der Waals surface area contributed by atoms with Crippen LogP contribution in [-0.2, 0) is 17.8 Å². The smallest absolute Gasteiger partial charge is 0.411 e. The van der Waals surface area contributed by atoms with Crippen LogP contribution in [0, 0.1) is 0 Å². The number of benzene rings is 3. The fourth-order valence-corrected chi connectivity index (χ4v) is 4.56. The number of methoxy groups -OCH3 is 1. The number of rotatable bonds is 6. The number of nitrogens with zero attached hydrogens (tertiary/aromatic N) is 2. The average molecular weight is 513 g/mol. The number of carbonyl (C=O) groups is 6. The lowest BCUT2D eigenvalue weighted by atomic mass is 10.0. The minimum Gasteiger partial charge on any atom is -0.478 e. The monoisotopic (exact) mass is 513 g/mol. The lowest BCUT2D eigenvalue weighted by molar-refractivity contribution is 0.0630. The zero-order valence-electron chi connectivity index (χ0n) is 19.9. The maximum Gasteiger partial charge on any atom is 0.411 e. The van der Waals surface area contributed by atoms with Gasteiger partial charge in [0.2, 0.25) is 0 Å². The number of ether oxygens (including phenoxy) is 1. The highest BCUT2D eigenvalue weighted by Gasteiger charge is 2.38. The molecular weight excluding hydrogens is 494 g/mol. The predicted octanol–water partition coefficient (Wildman–Crippen LogP) is 3.16. The lowest BCUT2D eigenvalue weighted by Crippen LogP contribution is -2.32. The molecule has 11 heteroatoms. The largest absolute Gasteiger partial charge is 0.478 e. The van der Waals surface area contributed by atoms with E-state index in [0.717, 1.165) is 16.9 Å². The first-order valence-corrected chi connectivity index (χ1v) is 11.4. The maximum absolute atomic E-state index is 13.0. The van der Waals surface area contributed by atoms with Crippen LogP contribution in [0.15, 0.2) is 60.7 Å². The zero-order chi connectivity index (χ0) is 27.1. The summed E-state index contributed by atoms with van der Waals surface area (Å²) in [5.74, 6) is -3.68. The van der Waals surface area contributed by atoms with Crippen molar-refractivity contribution in [3.8, 4) is 0 Å². The maximum atomic E-state index is 13.0. The van der Waals surface area contributed by atoms with Gasteiger partial charge in [0.05, 0.1) is 53.7 Å². The Morgan fingerprint density at radius 1 is 0.737 bits per heavy atom. The van der Waals surface area contributed by atoms with Crippen molar-refractivity contribution in [2.75, 3.05) is 12.4 Å². The van der Waals surface area contributed by atoms with E-state index in [-0.39, 0.29) is 57.7 Å². The van der Waals surface area contributed by atoms with Crippen LogP contribution in [-0.4, -0.2) is 57.7 Å². The van der Waals surface area contributed by atoms with Gasteiger partial charge in [0.15, 0.2) is 0 Å². The number of aromatic carboxylic acids is 1. The number of anilines is 1. The summed E-state index contributed by atoms with van der Waals surface area (Å²) in [6.07, 6.45) is -0.916. The standard InChI is InChI=1S/C27H19N3O8/c1-38-27(37)28-21-15(12-29-22(31)17-6-2-3-7-18(17)23(29)32)10-14(26(35)36)11-16(21)13-30-24(33)19-8-4-5-9-20(19)25(30)34/h2-11H,12-13H2,1H3,(H,28,37)(H,35,36). The molecule has 5 rings (SSSR count). The van der Waals surface area contributed by atoms with Crippen molar-refractivity contribution in [2.45, 2.75) is 13.1 Å². The van der Waals surface area contributed by atoms with Gasteiger partial charge >= 0.3 is 12.1 Å². The second kappa shape index (κ2) is 9.28. The summed E-state index contributed by atoms with van der Waals surface area (Å²) in [5, 5.41) is 12.3. The molecular formula is C27H19N3O8. The van der Waals surface area contributed by atoms with E-state index in [0.29, 0.717) is 0 Å². The van der Waals surface area contributed by atoms with E-state index < -0.39 is 35.7 Å². The van der Waals surface area contributed by atoms with Crippen molar-refractivity contribution in [1.82, 2.24) is 9.80 Å². The van der Waals surface area contributed by atoms with Crippen LogP contribution in [0.2, 0.25) is 0 Å². The fourth-order valence-electron chi connectivity index (χ4n) is 4.56. The van der Waals surface area contributed by atoms with Crippen LogP contribution in [0.5, 0.6) is 0 Å². The van der Waals surface area contributed by atoms with Crippen LogP contribution in [0.4, 0.5) is 10.5 Å². The van der Waals surface area contributed by atoms with Gasteiger partial charge in [0.1, 0.15) is 0 Å². The first kappa shape index (κ1) is 24.4. The molecule has 38 heavy (non-hydrogen) atoms. The molecule has 2 heterocycles. The minimum atomic E-state index is -1.33. The number of amides is 5. The number of carboxylic acids is 1. The molecule has 190 valence electrons. The molecule has 0 saturated carbocycles. The highest BCUT2D eigenvalue weighted by molar-refractivity contribution is 6.22. The number of carboxylic acid groups (broad SMARTS) is 1. The van der Waals surface area contributed by atoms with Crippen LogP contribution >= 0.6 is 0 Å². The van der Waals surface area contributed by atoms with Gasteiger partial charge in [0.25, 0.3) is 23.6 Å². The van der Waals surface area contributed by atoms with Gasteiger partial charge in [-0.05, 0) is 47.5 Å². The van der Waals surface area contributed by atoms with Crippen molar-refractivity contribution in [1.29, 1.82) is 0 Å². The lowest BCUT2D eigenvalue weighted by Gasteiger charge is -2.22. The van der Waals surface area contributed by atoms with Crippen LogP contribution in [0.1, 0.15) is 62.9 Å². The molecule has 2 aliphatic heterocycles. The fraction of sp³-hybridized carbons (Fsp3) is 0.111. The Balaban J connectivity index is 1.59. The Bertz CT molecular complexity index is 1410. The topological polar surface area (TPSA) is 150 Å². The number of fused-ring (bicyclic) bond motifs is 2. The second-order valence-corrected chi connectivity index (χ2v) is 8.58. The Morgan fingerprint density at radius 3 is 1.42 bits per heavy atom. The molecule has 0 atom stereocenters. The highest BCUT2D eigenvalue weighted by atomic mass is 16.5. The third-order valence-corrected chi connectivity index (χ3v) is 6.37. The number of imide groups is 2. The predicted molar refractivity (Wildman–Crippen MR) is 131 cm³/mol. The number of nitrogens with one attached hydrogen (secondary N) is 1. The molecule has 3 aromatic carbocycles.